The van der Waals surface area contributed by atoms with Crippen LogP contribution in [0.2, 0.25) is 0 Å². The molecule has 0 heterocycles. The van der Waals surface area contributed by atoms with Crippen LogP contribution in [0.3, 0.4) is 0 Å². The summed E-state index contributed by atoms with van der Waals surface area (Å²) < 4.78 is 24.4. The highest BCUT2D eigenvalue weighted by Gasteiger charge is 2.36. The fourth-order valence-electron chi connectivity index (χ4n) is 3.45. The minimum Gasteiger partial charge on any atom is -0.504 e. The zero-order valence-electron chi connectivity index (χ0n) is 20.0. The molecular formula is C26H29FO8. The van der Waals surface area contributed by atoms with E-state index in [4.69, 9.17) is 9.47 Å². The van der Waals surface area contributed by atoms with E-state index in [-0.39, 0.29) is 24.8 Å². The van der Waals surface area contributed by atoms with Gasteiger partial charge in [-0.3, -0.25) is 14.4 Å². The number of carbonyl (C=O) groups excluding carboxylic acids is 4. The maximum Gasteiger partial charge on any atom is 0.340 e. The molecule has 9 heteroatoms. The monoisotopic (exact) mass is 488 g/mol. The molecule has 2 aromatic rings. The van der Waals surface area contributed by atoms with E-state index in [1.54, 1.807) is 20.8 Å². The van der Waals surface area contributed by atoms with Crippen LogP contribution in [0.25, 0.3) is 0 Å². The number of hydrogen-bond donors (Lipinski definition) is 2. The van der Waals surface area contributed by atoms with Crippen LogP contribution < -0.4 is 4.74 Å². The van der Waals surface area contributed by atoms with Crippen molar-refractivity contribution in [3.63, 3.8) is 0 Å². The lowest BCUT2D eigenvalue weighted by Crippen LogP contribution is -2.21. The third-order valence-electron chi connectivity index (χ3n) is 5.11. The summed E-state index contributed by atoms with van der Waals surface area (Å²) in [6.45, 7) is 4.57. The second kappa shape index (κ2) is 12.6. The minimum absolute atomic E-state index is 0.0429. The smallest absolute Gasteiger partial charge is 0.340 e. The number of carbonyl (C=O) groups is 4. The maximum atomic E-state index is 14.0. The van der Waals surface area contributed by atoms with Gasteiger partial charge in [-0.2, -0.15) is 0 Å². The summed E-state index contributed by atoms with van der Waals surface area (Å²) in [5.74, 6) is -6.81. The van der Waals surface area contributed by atoms with Crippen LogP contribution in [-0.2, 0) is 16.1 Å². The Bertz CT molecular complexity index is 1120. The number of rotatable bonds is 12. The number of phenolic OH excluding ortho intramolecular Hbond substituents is 2. The lowest BCUT2D eigenvalue weighted by Gasteiger charge is -2.19. The van der Waals surface area contributed by atoms with Crippen molar-refractivity contribution in [2.45, 2.75) is 65.9 Å². The summed E-state index contributed by atoms with van der Waals surface area (Å²) in [5.41, 5.74) is -1.74. The Morgan fingerprint density at radius 3 is 1.94 bits per heavy atom. The Morgan fingerprint density at radius 2 is 1.37 bits per heavy atom. The van der Waals surface area contributed by atoms with E-state index in [0.717, 1.165) is 0 Å². The predicted octanol–water partition coefficient (Wildman–Crippen LogP) is 5.27. The molecule has 0 aliphatic rings. The quantitative estimate of drug-likeness (QED) is 0.179. The van der Waals surface area contributed by atoms with Crippen LogP contribution in [-0.4, -0.2) is 33.7 Å². The summed E-state index contributed by atoms with van der Waals surface area (Å²) in [7, 11) is 0. The van der Waals surface area contributed by atoms with Crippen molar-refractivity contribution < 1.29 is 43.3 Å². The molecule has 0 spiro atoms. The topological polar surface area (TPSA) is 127 Å². The number of phenols is 2. The number of aromatic hydroxyl groups is 2. The van der Waals surface area contributed by atoms with E-state index in [2.05, 4.69) is 0 Å². The van der Waals surface area contributed by atoms with E-state index in [1.807, 2.05) is 0 Å². The number of benzene rings is 2. The second-order valence-electron chi connectivity index (χ2n) is 7.89. The van der Waals surface area contributed by atoms with Crippen molar-refractivity contribution >= 4 is 23.5 Å². The number of ketones is 2. The first-order valence-electron chi connectivity index (χ1n) is 11.5. The zero-order chi connectivity index (χ0) is 26.1. The molecule has 188 valence electrons. The van der Waals surface area contributed by atoms with Crippen molar-refractivity contribution in [1.82, 2.24) is 0 Å². The van der Waals surface area contributed by atoms with E-state index >= 15 is 0 Å². The Kier molecular flexibility index (Phi) is 9.93. The molecule has 0 bridgehead atoms. The summed E-state index contributed by atoms with van der Waals surface area (Å²) in [6.07, 6.45) is 0.785. The predicted molar refractivity (Wildman–Crippen MR) is 124 cm³/mol. The molecule has 0 aliphatic heterocycles. The summed E-state index contributed by atoms with van der Waals surface area (Å²) in [5, 5.41) is 21.3. The average Bonchev–Trinajstić information content (AvgIpc) is 2.81. The van der Waals surface area contributed by atoms with Crippen molar-refractivity contribution in [3.05, 3.63) is 52.3 Å². The van der Waals surface area contributed by atoms with Gasteiger partial charge >= 0.3 is 11.9 Å². The van der Waals surface area contributed by atoms with Gasteiger partial charge in [-0.15, -0.1) is 0 Å². The van der Waals surface area contributed by atoms with Crippen LogP contribution in [0.4, 0.5) is 4.39 Å². The number of hydrogen-bond acceptors (Lipinski definition) is 8. The highest BCUT2D eigenvalue weighted by atomic mass is 19.1. The highest BCUT2D eigenvalue weighted by molar-refractivity contribution is 6.17. The Balaban J connectivity index is 2.76. The van der Waals surface area contributed by atoms with E-state index < -0.39 is 69.9 Å². The SMILES string of the molecule is CCCC(=O)Oc1c(O)c(O)c(C(=O)CCC)c(C(=O)OCc2ccccc2F)c1C(=O)CCC. The molecule has 2 N–H and O–H groups in total. The van der Waals surface area contributed by atoms with Crippen molar-refractivity contribution in [3.8, 4) is 17.2 Å². The zero-order valence-corrected chi connectivity index (χ0v) is 20.0. The maximum absolute atomic E-state index is 14.0. The molecule has 0 fully saturated rings. The van der Waals surface area contributed by atoms with Gasteiger partial charge in [-0.1, -0.05) is 39.0 Å². The van der Waals surface area contributed by atoms with Crippen molar-refractivity contribution in [2.24, 2.45) is 0 Å². The number of ether oxygens (including phenoxy) is 2. The van der Waals surface area contributed by atoms with Gasteiger partial charge in [-0.05, 0) is 25.3 Å². The van der Waals surface area contributed by atoms with Gasteiger partial charge < -0.3 is 19.7 Å². The minimum atomic E-state index is -1.21. The van der Waals surface area contributed by atoms with Crippen molar-refractivity contribution in [2.75, 3.05) is 0 Å². The van der Waals surface area contributed by atoms with E-state index in [9.17, 15) is 33.8 Å². The third-order valence-corrected chi connectivity index (χ3v) is 5.11. The summed E-state index contributed by atoms with van der Waals surface area (Å²) >= 11 is 0. The molecule has 0 unspecified atom stereocenters. The van der Waals surface area contributed by atoms with E-state index in [1.165, 1.54) is 24.3 Å². The van der Waals surface area contributed by atoms with Gasteiger partial charge in [0.1, 0.15) is 12.4 Å². The molecule has 0 radical (unpaired) electrons. The Labute approximate surface area is 202 Å². The molecule has 0 saturated heterocycles. The van der Waals surface area contributed by atoms with Gasteiger partial charge in [0.25, 0.3) is 0 Å². The molecule has 2 aromatic carbocycles. The number of Topliss-reactive ketones (excluding diaryl/α,β-unsaturated/α-hetero) is 2. The van der Waals surface area contributed by atoms with E-state index in [0.29, 0.717) is 19.3 Å². The molecule has 2 rings (SSSR count). The standard InChI is InChI=1S/C26H29FO8/c1-4-9-17(28)20-22(26(33)34-14-15-12-7-8-13-16(15)27)21(18(29)10-5-2)25(24(32)23(20)31)35-19(30)11-6-3/h7-8,12-13,31-32H,4-6,9-11,14H2,1-3H3. The first kappa shape index (κ1) is 27.5. The first-order chi connectivity index (χ1) is 16.7. The Morgan fingerprint density at radius 1 is 0.800 bits per heavy atom. The normalized spacial score (nSPS) is 10.6. The van der Waals surface area contributed by atoms with Crippen LogP contribution in [0, 0.1) is 5.82 Å². The Hall–Kier alpha value is -3.75. The van der Waals surface area contributed by atoms with Gasteiger partial charge in [0.05, 0.1) is 16.7 Å². The molecule has 8 nitrogen and oxygen atoms in total. The van der Waals surface area contributed by atoms with Crippen LogP contribution >= 0.6 is 0 Å². The molecule has 0 aliphatic carbocycles. The molecule has 0 saturated carbocycles. The average molecular weight is 489 g/mol. The van der Waals surface area contributed by atoms with Gasteiger partial charge in [0.2, 0.25) is 5.75 Å². The largest absolute Gasteiger partial charge is 0.504 e. The first-order valence-corrected chi connectivity index (χ1v) is 11.5. The van der Waals surface area contributed by atoms with Crippen LogP contribution in [0.15, 0.2) is 24.3 Å². The summed E-state index contributed by atoms with van der Waals surface area (Å²) in [4.78, 5) is 51.4. The fourth-order valence-corrected chi connectivity index (χ4v) is 3.45. The molecule has 35 heavy (non-hydrogen) atoms. The van der Waals surface area contributed by atoms with Crippen LogP contribution in [0.1, 0.15) is 95.9 Å². The molecule has 0 aromatic heterocycles. The third kappa shape index (κ3) is 6.44. The molecular weight excluding hydrogens is 459 g/mol. The van der Waals surface area contributed by atoms with Crippen LogP contribution in [0.5, 0.6) is 17.2 Å². The van der Waals surface area contributed by atoms with Gasteiger partial charge in [-0.25, -0.2) is 9.18 Å². The second-order valence-corrected chi connectivity index (χ2v) is 7.89. The summed E-state index contributed by atoms with van der Waals surface area (Å²) in [6, 6.07) is 5.56. The highest BCUT2D eigenvalue weighted by Crippen LogP contribution is 2.46. The number of esters is 2. The molecule has 0 amide bonds. The number of halogens is 1. The van der Waals surface area contributed by atoms with Crippen molar-refractivity contribution in [1.29, 1.82) is 0 Å². The van der Waals surface area contributed by atoms with Gasteiger partial charge in [0.15, 0.2) is 23.1 Å². The van der Waals surface area contributed by atoms with Gasteiger partial charge in [0, 0.05) is 24.8 Å². The lowest BCUT2D eigenvalue weighted by atomic mass is 9.90. The molecule has 0 atom stereocenters. The fraction of sp³-hybridized carbons (Fsp3) is 0.385. The lowest BCUT2D eigenvalue weighted by molar-refractivity contribution is -0.134.